The summed E-state index contributed by atoms with van der Waals surface area (Å²) in [6.07, 6.45) is 1.53. The number of likely N-dealkylation sites (tertiary alicyclic amines) is 1. The van der Waals surface area contributed by atoms with E-state index in [0.29, 0.717) is 6.54 Å². The number of ether oxygens (including phenoxy) is 1. The quantitative estimate of drug-likeness (QED) is 0.810. The average molecular weight is 317 g/mol. The van der Waals surface area contributed by atoms with Crippen molar-refractivity contribution in [3.63, 3.8) is 0 Å². The lowest BCUT2D eigenvalue weighted by Crippen LogP contribution is -2.55. The van der Waals surface area contributed by atoms with E-state index < -0.39 is 13.9 Å². The van der Waals surface area contributed by atoms with Crippen LogP contribution in [0.15, 0.2) is 0 Å². The lowest BCUT2D eigenvalue weighted by atomic mass is 9.92. The van der Waals surface area contributed by atoms with Gasteiger partial charge in [-0.2, -0.15) is 0 Å². The van der Waals surface area contributed by atoms with Gasteiger partial charge in [0.1, 0.15) is 5.60 Å². The zero-order valence-corrected chi connectivity index (χ0v) is 15.7. The minimum Gasteiger partial charge on any atom is -0.444 e. The molecule has 1 aliphatic heterocycles. The van der Waals surface area contributed by atoms with Crippen LogP contribution in [-0.4, -0.2) is 57.2 Å². The number of alkyl carbamates (subject to hydrolysis) is 1. The van der Waals surface area contributed by atoms with Gasteiger partial charge >= 0.3 is 6.09 Å². The molecule has 1 amide bonds. The molecule has 1 saturated heterocycles. The smallest absolute Gasteiger partial charge is 0.407 e. The summed E-state index contributed by atoms with van der Waals surface area (Å²) < 4.78 is 11.8. The summed E-state index contributed by atoms with van der Waals surface area (Å²) in [6.45, 7) is 14.7. The molecular formula is C15H32N2O3Si. The SMILES string of the molecule is CN1CCC(CNC(=O)OC(C)(C)C)(O[Si](C)(C)C)CC1. The molecule has 1 rings (SSSR count). The molecule has 124 valence electrons. The number of amides is 1. The van der Waals surface area contributed by atoms with Crippen LogP contribution in [0.25, 0.3) is 0 Å². The molecule has 0 saturated carbocycles. The standard InChI is InChI=1S/C15H32N2O3Si/c1-14(2,3)19-13(18)16-12-15(20-21(5,6)7)8-10-17(4)11-9-15/h8-12H2,1-7H3,(H,16,18). The Bertz CT molecular complexity index is 353. The summed E-state index contributed by atoms with van der Waals surface area (Å²) in [6, 6.07) is 0. The second-order valence-corrected chi connectivity index (χ2v) is 12.5. The Hall–Kier alpha value is -0.593. The summed E-state index contributed by atoms with van der Waals surface area (Å²) in [4.78, 5) is 14.2. The van der Waals surface area contributed by atoms with E-state index in [1.54, 1.807) is 0 Å². The molecule has 6 heteroatoms. The van der Waals surface area contributed by atoms with Crippen LogP contribution < -0.4 is 5.32 Å². The van der Waals surface area contributed by atoms with Crippen molar-refractivity contribution in [2.45, 2.75) is 64.5 Å². The monoisotopic (exact) mass is 316 g/mol. The summed E-state index contributed by atoms with van der Waals surface area (Å²) in [5.41, 5.74) is -0.711. The Balaban J connectivity index is 2.64. The minimum absolute atomic E-state index is 0.242. The van der Waals surface area contributed by atoms with E-state index in [0.717, 1.165) is 25.9 Å². The topological polar surface area (TPSA) is 50.8 Å². The van der Waals surface area contributed by atoms with Gasteiger partial charge in [-0.3, -0.25) is 0 Å². The largest absolute Gasteiger partial charge is 0.444 e. The van der Waals surface area contributed by atoms with Gasteiger partial charge in [-0.25, -0.2) is 4.79 Å². The van der Waals surface area contributed by atoms with Gasteiger partial charge in [0, 0.05) is 19.6 Å². The molecule has 1 N–H and O–H groups in total. The van der Waals surface area contributed by atoms with Crippen molar-refractivity contribution in [3.8, 4) is 0 Å². The van der Waals surface area contributed by atoms with Crippen molar-refractivity contribution in [1.29, 1.82) is 0 Å². The van der Waals surface area contributed by atoms with Crippen LogP contribution in [0.5, 0.6) is 0 Å². The first-order valence-corrected chi connectivity index (χ1v) is 11.2. The van der Waals surface area contributed by atoms with Crippen molar-refractivity contribution < 1.29 is 14.0 Å². The maximum Gasteiger partial charge on any atom is 0.407 e. The van der Waals surface area contributed by atoms with Crippen molar-refractivity contribution in [2.75, 3.05) is 26.7 Å². The highest BCUT2D eigenvalue weighted by atomic mass is 28.4. The Morgan fingerprint density at radius 3 is 2.19 bits per heavy atom. The molecule has 0 spiro atoms. The van der Waals surface area contributed by atoms with Gasteiger partial charge in [-0.1, -0.05) is 0 Å². The highest BCUT2D eigenvalue weighted by Gasteiger charge is 2.39. The van der Waals surface area contributed by atoms with Gasteiger partial charge < -0.3 is 19.4 Å². The number of nitrogens with one attached hydrogen (secondary N) is 1. The lowest BCUT2D eigenvalue weighted by molar-refractivity contribution is -0.00344. The molecule has 0 radical (unpaired) electrons. The third-order valence-electron chi connectivity index (χ3n) is 3.37. The van der Waals surface area contributed by atoms with Crippen LogP contribution in [-0.2, 0) is 9.16 Å². The van der Waals surface area contributed by atoms with E-state index in [1.165, 1.54) is 0 Å². The van der Waals surface area contributed by atoms with E-state index in [4.69, 9.17) is 9.16 Å². The number of carbonyl (C=O) groups is 1. The van der Waals surface area contributed by atoms with Gasteiger partial charge in [-0.05, 0) is 60.3 Å². The summed E-state index contributed by atoms with van der Waals surface area (Å²) in [7, 11) is 0.456. The number of rotatable bonds is 4. The first-order chi connectivity index (χ1) is 9.41. The summed E-state index contributed by atoms with van der Waals surface area (Å²) in [5, 5.41) is 2.90. The van der Waals surface area contributed by atoms with Crippen LogP contribution in [0.1, 0.15) is 33.6 Å². The second-order valence-electron chi connectivity index (χ2n) is 8.06. The molecule has 0 aliphatic carbocycles. The number of nitrogens with zero attached hydrogens (tertiary/aromatic N) is 1. The fraction of sp³-hybridized carbons (Fsp3) is 0.933. The fourth-order valence-corrected chi connectivity index (χ4v) is 4.11. The Kier molecular flexibility index (Phi) is 5.86. The van der Waals surface area contributed by atoms with E-state index in [-0.39, 0.29) is 11.7 Å². The number of hydrogen-bond donors (Lipinski definition) is 1. The Labute approximate surface area is 130 Å². The zero-order chi connectivity index (χ0) is 16.3. The third kappa shape index (κ3) is 7.29. The second kappa shape index (κ2) is 6.67. The van der Waals surface area contributed by atoms with Crippen LogP contribution in [0.3, 0.4) is 0 Å². The Morgan fingerprint density at radius 1 is 1.24 bits per heavy atom. The van der Waals surface area contributed by atoms with Crippen LogP contribution in [0.4, 0.5) is 4.79 Å². The summed E-state index contributed by atoms with van der Waals surface area (Å²) >= 11 is 0. The lowest BCUT2D eigenvalue weighted by Gasteiger charge is -2.44. The third-order valence-corrected chi connectivity index (χ3v) is 4.42. The predicted molar refractivity (Wildman–Crippen MR) is 88.1 cm³/mol. The maximum atomic E-state index is 11.9. The van der Waals surface area contributed by atoms with E-state index in [2.05, 4.69) is 36.9 Å². The van der Waals surface area contributed by atoms with Crippen molar-refractivity contribution >= 4 is 14.4 Å². The summed E-state index contributed by atoms with van der Waals surface area (Å²) in [5.74, 6) is 0. The van der Waals surface area contributed by atoms with E-state index in [9.17, 15) is 4.79 Å². The molecule has 0 aromatic carbocycles. The number of carbonyl (C=O) groups excluding carboxylic acids is 1. The number of hydrogen-bond acceptors (Lipinski definition) is 4. The molecule has 21 heavy (non-hydrogen) atoms. The van der Waals surface area contributed by atoms with Crippen LogP contribution in [0, 0.1) is 0 Å². The van der Waals surface area contributed by atoms with Crippen LogP contribution >= 0.6 is 0 Å². The van der Waals surface area contributed by atoms with Gasteiger partial charge in [0.15, 0.2) is 8.32 Å². The van der Waals surface area contributed by atoms with Crippen molar-refractivity contribution in [1.82, 2.24) is 10.2 Å². The van der Waals surface area contributed by atoms with Gasteiger partial charge in [0.05, 0.1) is 5.60 Å². The molecule has 0 bridgehead atoms. The van der Waals surface area contributed by atoms with Gasteiger partial charge in [0.25, 0.3) is 0 Å². The normalized spacial score (nSPS) is 20.1. The van der Waals surface area contributed by atoms with E-state index >= 15 is 0 Å². The molecule has 0 aromatic heterocycles. The highest BCUT2D eigenvalue weighted by Crippen LogP contribution is 2.29. The fourth-order valence-electron chi connectivity index (χ4n) is 2.54. The molecular weight excluding hydrogens is 284 g/mol. The molecule has 0 aromatic rings. The van der Waals surface area contributed by atoms with Gasteiger partial charge in [-0.15, -0.1) is 0 Å². The van der Waals surface area contributed by atoms with Crippen LogP contribution in [0.2, 0.25) is 19.6 Å². The van der Waals surface area contributed by atoms with Crippen molar-refractivity contribution in [2.24, 2.45) is 0 Å². The molecule has 1 aliphatic rings. The molecule has 1 heterocycles. The molecule has 5 nitrogen and oxygen atoms in total. The molecule has 0 atom stereocenters. The maximum absolute atomic E-state index is 11.9. The first-order valence-electron chi connectivity index (χ1n) is 7.76. The number of piperidine rings is 1. The zero-order valence-electron chi connectivity index (χ0n) is 14.7. The first kappa shape index (κ1) is 18.5. The van der Waals surface area contributed by atoms with Crippen molar-refractivity contribution in [3.05, 3.63) is 0 Å². The highest BCUT2D eigenvalue weighted by molar-refractivity contribution is 6.69. The average Bonchev–Trinajstić information content (AvgIpc) is 2.26. The molecule has 0 unspecified atom stereocenters. The van der Waals surface area contributed by atoms with Gasteiger partial charge in [0.2, 0.25) is 0 Å². The molecule has 1 fully saturated rings. The Morgan fingerprint density at radius 2 is 1.76 bits per heavy atom. The van der Waals surface area contributed by atoms with E-state index in [1.807, 2.05) is 20.8 Å². The predicted octanol–water partition coefficient (Wildman–Crippen LogP) is 2.83. The minimum atomic E-state index is -1.67.